The molecule has 5 heteroatoms. The van der Waals surface area contributed by atoms with E-state index in [4.69, 9.17) is 14.5 Å². The molecule has 0 fully saturated rings. The average molecular weight is 163 g/mol. The zero-order chi connectivity index (χ0) is 8.55. The van der Waals surface area contributed by atoms with Crippen LogP contribution < -0.4 is 5.46 Å². The van der Waals surface area contributed by atoms with Crippen LogP contribution in [0.15, 0.2) is 29.0 Å². The summed E-state index contributed by atoms with van der Waals surface area (Å²) in [4.78, 5) is 3.87. The van der Waals surface area contributed by atoms with Crippen LogP contribution in [0.25, 0.3) is 11.1 Å². The third kappa shape index (κ3) is 0.994. The van der Waals surface area contributed by atoms with Crippen LogP contribution >= 0.6 is 0 Å². The molecule has 0 radical (unpaired) electrons. The Balaban J connectivity index is 2.73. The normalized spacial score (nSPS) is 10.5. The second kappa shape index (κ2) is 2.62. The van der Waals surface area contributed by atoms with Gasteiger partial charge in [0.25, 0.3) is 0 Å². The molecule has 0 amide bonds. The average Bonchev–Trinajstić information content (AvgIpc) is 2.49. The molecule has 4 nitrogen and oxygen atoms in total. The molecule has 2 N–H and O–H groups in total. The Morgan fingerprint density at radius 3 is 2.92 bits per heavy atom. The molecule has 0 aliphatic rings. The first kappa shape index (κ1) is 7.33. The van der Waals surface area contributed by atoms with Crippen molar-refractivity contribution >= 4 is 23.7 Å². The zero-order valence-corrected chi connectivity index (χ0v) is 6.14. The number of nitrogens with zero attached hydrogens (tertiary/aromatic N) is 1. The van der Waals surface area contributed by atoms with Crippen LogP contribution in [0.4, 0.5) is 0 Å². The van der Waals surface area contributed by atoms with E-state index in [0.717, 1.165) is 0 Å². The molecule has 60 valence electrons. The van der Waals surface area contributed by atoms with Crippen LogP contribution in [-0.2, 0) is 0 Å². The Morgan fingerprint density at radius 1 is 1.33 bits per heavy atom. The van der Waals surface area contributed by atoms with Crippen LogP contribution in [0.5, 0.6) is 0 Å². The van der Waals surface area contributed by atoms with Gasteiger partial charge in [-0.15, -0.1) is 0 Å². The van der Waals surface area contributed by atoms with Crippen molar-refractivity contribution < 1.29 is 14.5 Å². The van der Waals surface area contributed by atoms with E-state index < -0.39 is 7.12 Å². The molecule has 1 aromatic carbocycles. The SMILES string of the molecule is OB(O)c1cccc2ncoc12. The van der Waals surface area contributed by atoms with E-state index in [1.807, 2.05) is 0 Å². The van der Waals surface area contributed by atoms with Crippen molar-refractivity contribution in [1.29, 1.82) is 0 Å². The van der Waals surface area contributed by atoms with Gasteiger partial charge in [0.05, 0.1) is 0 Å². The second-order valence-corrected chi connectivity index (χ2v) is 2.42. The number of aromatic nitrogens is 1. The van der Waals surface area contributed by atoms with E-state index in [-0.39, 0.29) is 0 Å². The van der Waals surface area contributed by atoms with Crippen molar-refractivity contribution in [2.45, 2.75) is 0 Å². The third-order valence-corrected chi connectivity index (χ3v) is 1.67. The molecule has 0 aliphatic carbocycles. The van der Waals surface area contributed by atoms with Gasteiger partial charge >= 0.3 is 7.12 Å². The number of benzene rings is 1. The Labute approximate surface area is 68.6 Å². The molecule has 0 unspecified atom stereocenters. The van der Waals surface area contributed by atoms with Crippen LogP contribution in [0.3, 0.4) is 0 Å². The fourth-order valence-electron chi connectivity index (χ4n) is 1.11. The smallest absolute Gasteiger partial charge is 0.444 e. The topological polar surface area (TPSA) is 66.5 Å². The minimum Gasteiger partial charge on any atom is -0.444 e. The molecular formula is C7H6BNO3. The minimum absolute atomic E-state index is 0.338. The van der Waals surface area contributed by atoms with Crippen LogP contribution in [-0.4, -0.2) is 22.2 Å². The van der Waals surface area contributed by atoms with Gasteiger partial charge in [0.2, 0.25) is 0 Å². The Bertz CT molecular complexity index is 398. The molecule has 0 spiro atoms. The summed E-state index contributed by atoms with van der Waals surface area (Å²) in [6.07, 6.45) is 1.27. The maximum Gasteiger partial charge on any atom is 0.492 e. The molecule has 2 aromatic rings. The number of para-hydroxylation sites is 1. The van der Waals surface area contributed by atoms with Gasteiger partial charge in [-0.3, -0.25) is 0 Å². The molecule has 12 heavy (non-hydrogen) atoms. The number of rotatable bonds is 1. The zero-order valence-electron chi connectivity index (χ0n) is 6.14. The van der Waals surface area contributed by atoms with Crippen molar-refractivity contribution in [1.82, 2.24) is 4.98 Å². The summed E-state index contributed by atoms with van der Waals surface area (Å²) < 4.78 is 4.98. The first-order chi connectivity index (χ1) is 5.79. The molecule has 0 bridgehead atoms. The van der Waals surface area contributed by atoms with E-state index in [0.29, 0.717) is 16.6 Å². The van der Waals surface area contributed by atoms with E-state index in [9.17, 15) is 0 Å². The predicted octanol–water partition coefficient (Wildman–Crippen LogP) is -0.492. The van der Waals surface area contributed by atoms with E-state index >= 15 is 0 Å². The fourth-order valence-corrected chi connectivity index (χ4v) is 1.11. The van der Waals surface area contributed by atoms with Crippen molar-refractivity contribution in [2.75, 3.05) is 0 Å². The minimum atomic E-state index is -1.51. The van der Waals surface area contributed by atoms with Crippen molar-refractivity contribution in [3.63, 3.8) is 0 Å². The Kier molecular flexibility index (Phi) is 1.60. The summed E-state index contributed by atoms with van der Waals surface area (Å²) in [5.41, 5.74) is 1.39. The van der Waals surface area contributed by atoms with Gasteiger partial charge in [0, 0.05) is 5.46 Å². The lowest BCUT2D eigenvalue weighted by atomic mass is 9.80. The summed E-state index contributed by atoms with van der Waals surface area (Å²) in [5.74, 6) is 0. The van der Waals surface area contributed by atoms with Gasteiger partial charge in [-0.25, -0.2) is 4.98 Å². The van der Waals surface area contributed by atoms with Gasteiger partial charge in [-0.05, 0) is 6.07 Å². The maximum atomic E-state index is 8.91. The first-order valence-corrected chi connectivity index (χ1v) is 3.47. The summed E-state index contributed by atoms with van der Waals surface area (Å²) >= 11 is 0. The number of hydrogen-bond donors (Lipinski definition) is 2. The van der Waals surface area contributed by atoms with Crippen molar-refractivity contribution in [3.8, 4) is 0 Å². The highest BCUT2D eigenvalue weighted by Gasteiger charge is 2.16. The van der Waals surface area contributed by atoms with E-state index in [1.54, 1.807) is 18.2 Å². The molecule has 2 rings (SSSR count). The lowest BCUT2D eigenvalue weighted by Gasteiger charge is -1.97. The molecule has 1 aromatic heterocycles. The van der Waals surface area contributed by atoms with Gasteiger partial charge in [-0.1, -0.05) is 12.1 Å². The van der Waals surface area contributed by atoms with E-state index in [2.05, 4.69) is 4.98 Å². The summed E-state index contributed by atoms with van der Waals surface area (Å²) in [7, 11) is -1.51. The van der Waals surface area contributed by atoms with E-state index in [1.165, 1.54) is 6.39 Å². The van der Waals surface area contributed by atoms with Crippen molar-refractivity contribution in [3.05, 3.63) is 24.6 Å². The summed E-state index contributed by atoms with van der Waals surface area (Å²) in [6.45, 7) is 0. The molecule has 0 saturated carbocycles. The van der Waals surface area contributed by atoms with Crippen LogP contribution in [0.1, 0.15) is 0 Å². The quantitative estimate of drug-likeness (QED) is 0.556. The largest absolute Gasteiger partial charge is 0.492 e. The molecule has 0 aliphatic heterocycles. The number of fused-ring (bicyclic) bond motifs is 1. The van der Waals surface area contributed by atoms with Crippen molar-refractivity contribution in [2.24, 2.45) is 0 Å². The Hall–Kier alpha value is -1.33. The first-order valence-electron chi connectivity index (χ1n) is 3.47. The predicted molar refractivity (Wildman–Crippen MR) is 43.8 cm³/mol. The lowest BCUT2D eigenvalue weighted by molar-refractivity contribution is 0.425. The molecule has 0 atom stereocenters. The highest BCUT2D eigenvalue weighted by Crippen LogP contribution is 2.08. The van der Waals surface area contributed by atoms with Gasteiger partial charge in [-0.2, -0.15) is 0 Å². The van der Waals surface area contributed by atoms with Gasteiger partial charge in [0.1, 0.15) is 5.52 Å². The third-order valence-electron chi connectivity index (χ3n) is 1.67. The van der Waals surface area contributed by atoms with Gasteiger partial charge in [0.15, 0.2) is 12.0 Å². The highest BCUT2D eigenvalue weighted by molar-refractivity contribution is 6.61. The maximum absolute atomic E-state index is 8.91. The molecule has 1 heterocycles. The van der Waals surface area contributed by atoms with Gasteiger partial charge < -0.3 is 14.5 Å². The summed E-state index contributed by atoms with van der Waals surface area (Å²) in [5, 5.41) is 17.8. The van der Waals surface area contributed by atoms with Crippen LogP contribution in [0, 0.1) is 0 Å². The number of oxazole rings is 1. The number of hydrogen-bond acceptors (Lipinski definition) is 4. The lowest BCUT2D eigenvalue weighted by Crippen LogP contribution is -2.29. The fraction of sp³-hybridized carbons (Fsp3) is 0. The summed E-state index contributed by atoms with van der Waals surface area (Å²) in [6, 6.07) is 5.02. The monoisotopic (exact) mass is 163 g/mol. The Morgan fingerprint density at radius 2 is 2.17 bits per heavy atom. The van der Waals surface area contributed by atoms with Crippen LogP contribution in [0.2, 0.25) is 0 Å². The highest BCUT2D eigenvalue weighted by atomic mass is 16.4. The second-order valence-electron chi connectivity index (χ2n) is 2.42. The molecule has 0 saturated heterocycles. The molecular weight excluding hydrogens is 157 g/mol. The standard InChI is InChI=1S/C7H6BNO3/c10-8(11)5-2-1-3-6-7(5)12-4-9-6/h1-4,10-11H.